The topological polar surface area (TPSA) is 35.3 Å². The van der Waals surface area contributed by atoms with Crippen LogP contribution in [0.25, 0.3) is 0 Å². The summed E-state index contributed by atoms with van der Waals surface area (Å²) in [5.41, 5.74) is 0.371. The number of hydrogen-bond donors (Lipinski definition) is 0. The van der Waals surface area contributed by atoms with E-state index in [4.69, 9.17) is 0 Å². The van der Waals surface area contributed by atoms with Gasteiger partial charge in [-0.2, -0.15) is 8.78 Å². The second-order valence-corrected chi connectivity index (χ2v) is 2.41. The molecule has 0 aliphatic carbocycles. The SMILES string of the molecule is FC(F)OCc1nocc1P. The van der Waals surface area contributed by atoms with Crippen molar-refractivity contribution in [1.29, 1.82) is 0 Å². The zero-order chi connectivity index (χ0) is 8.27. The van der Waals surface area contributed by atoms with E-state index in [-0.39, 0.29) is 6.61 Å². The number of rotatable bonds is 3. The van der Waals surface area contributed by atoms with E-state index >= 15 is 0 Å². The van der Waals surface area contributed by atoms with Gasteiger partial charge in [0.05, 0.1) is 6.61 Å². The van der Waals surface area contributed by atoms with Gasteiger partial charge in [0.25, 0.3) is 0 Å². The van der Waals surface area contributed by atoms with E-state index < -0.39 is 6.61 Å². The van der Waals surface area contributed by atoms with Crippen LogP contribution in [0.5, 0.6) is 0 Å². The summed E-state index contributed by atoms with van der Waals surface area (Å²) in [5, 5.41) is 4.06. The van der Waals surface area contributed by atoms with Crippen LogP contribution < -0.4 is 5.30 Å². The van der Waals surface area contributed by atoms with Crippen LogP contribution >= 0.6 is 9.24 Å². The van der Waals surface area contributed by atoms with Crippen LogP contribution in [0.15, 0.2) is 10.8 Å². The Morgan fingerprint density at radius 1 is 1.73 bits per heavy atom. The first-order valence-electron chi connectivity index (χ1n) is 2.78. The number of ether oxygens (including phenoxy) is 1. The Labute approximate surface area is 63.9 Å². The molecule has 0 spiro atoms. The molecule has 0 saturated heterocycles. The van der Waals surface area contributed by atoms with Crippen molar-refractivity contribution in [2.24, 2.45) is 0 Å². The Kier molecular flexibility index (Phi) is 2.91. The maximum absolute atomic E-state index is 11.5. The summed E-state index contributed by atoms with van der Waals surface area (Å²) < 4.78 is 31.4. The normalized spacial score (nSPS) is 10.9. The van der Waals surface area contributed by atoms with Crippen molar-refractivity contribution in [2.75, 3.05) is 0 Å². The predicted molar refractivity (Wildman–Crippen MR) is 36.6 cm³/mol. The van der Waals surface area contributed by atoms with Crippen molar-refractivity contribution in [3.05, 3.63) is 12.0 Å². The molecule has 0 aliphatic heterocycles. The molecule has 0 aliphatic rings. The molecule has 0 amide bonds. The van der Waals surface area contributed by atoms with Crippen molar-refractivity contribution in [1.82, 2.24) is 5.16 Å². The van der Waals surface area contributed by atoms with Crippen LogP contribution in [0.1, 0.15) is 5.69 Å². The first kappa shape index (κ1) is 8.56. The van der Waals surface area contributed by atoms with Crippen molar-refractivity contribution < 1.29 is 18.0 Å². The highest BCUT2D eigenvalue weighted by atomic mass is 31.0. The molecule has 1 aromatic heterocycles. The quantitative estimate of drug-likeness (QED) is 0.650. The molecule has 0 radical (unpaired) electrons. The van der Waals surface area contributed by atoms with Gasteiger partial charge in [-0.15, -0.1) is 0 Å². The number of nitrogens with zero attached hydrogens (tertiary/aromatic N) is 1. The molecular formula is C5H6F2NO2P. The van der Waals surface area contributed by atoms with E-state index in [0.717, 1.165) is 0 Å². The molecule has 1 unspecified atom stereocenters. The Hall–Kier alpha value is -0.540. The summed E-state index contributed by atoms with van der Waals surface area (Å²) in [6.07, 6.45) is 1.34. The van der Waals surface area contributed by atoms with Crippen LogP contribution in [-0.2, 0) is 11.3 Å². The molecule has 1 atom stereocenters. The lowest BCUT2D eigenvalue weighted by Gasteiger charge is -1.97. The lowest BCUT2D eigenvalue weighted by Crippen LogP contribution is -2.04. The van der Waals surface area contributed by atoms with Gasteiger partial charge in [0.15, 0.2) is 0 Å². The van der Waals surface area contributed by atoms with Crippen molar-refractivity contribution in [3.63, 3.8) is 0 Å². The molecule has 1 aromatic rings. The smallest absolute Gasteiger partial charge is 0.345 e. The number of hydrogen-bond acceptors (Lipinski definition) is 3. The average Bonchev–Trinajstić information content (AvgIpc) is 2.31. The minimum atomic E-state index is -2.77. The molecule has 0 aromatic carbocycles. The third-order valence-electron chi connectivity index (χ3n) is 1.02. The molecule has 0 fully saturated rings. The van der Waals surface area contributed by atoms with Gasteiger partial charge in [-0.1, -0.05) is 14.4 Å². The second kappa shape index (κ2) is 3.74. The predicted octanol–water partition coefficient (Wildman–Crippen LogP) is 0.914. The van der Waals surface area contributed by atoms with Gasteiger partial charge in [-0.3, -0.25) is 0 Å². The van der Waals surface area contributed by atoms with Crippen LogP contribution in [0.4, 0.5) is 8.78 Å². The third-order valence-corrected chi connectivity index (χ3v) is 1.49. The maximum Gasteiger partial charge on any atom is 0.345 e. The van der Waals surface area contributed by atoms with Gasteiger partial charge in [0.2, 0.25) is 0 Å². The number of alkyl halides is 2. The molecule has 62 valence electrons. The van der Waals surface area contributed by atoms with Crippen molar-refractivity contribution in [2.45, 2.75) is 13.2 Å². The fourth-order valence-electron chi connectivity index (χ4n) is 0.519. The summed E-state index contributed by atoms with van der Waals surface area (Å²) in [6.45, 7) is -3.00. The molecule has 6 heteroatoms. The lowest BCUT2D eigenvalue weighted by atomic mass is 10.5. The van der Waals surface area contributed by atoms with Gasteiger partial charge in [-0.25, -0.2) is 0 Å². The summed E-state index contributed by atoms with van der Waals surface area (Å²) in [4.78, 5) is 0. The molecule has 1 rings (SSSR count). The zero-order valence-electron chi connectivity index (χ0n) is 5.46. The molecule has 1 heterocycles. The molecule has 0 bridgehead atoms. The summed E-state index contributed by atoms with van der Waals surface area (Å²) in [5.74, 6) is 0. The Bertz CT molecular complexity index is 228. The van der Waals surface area contributed by atoms with Gasteiger partial charge < -0.3 is 9.26 Å². The highest BCUT2D eigenvalue weighted by molar-refractivity contribution is 7.27. The number of halogens is 2. The van der Waals surface area contributed by atoms with Gasteiger partial charge in [0, 0.05) is 5.30 Å². The average molecular weight is 181 g/mol. The maximum atomic E-state index is 11.5. The Morgan fingerprint density at radius 3 is 2.91 bits per heavy atom. The zero-order valence-corrected chi connectivity index (χ0v) is 6.61. The summed E-state index contributed by atoms with van der Waals surface area (Å²) in [6, 6.07) is 0. The van der Waals surface area contributed by atoms with Crippen molar-refractivity contribution >= 4 is 14.5 Å². The van der Waals surface area contributed by atoms with E-state index in [0.29, 0.717) is 11.0 Å². The second-order valence-electron chi connectivity index (χ2n) is 1.79. The minimum Gasteiger partial charge on any atom is -0.364 e. The Morgan fingerprint density at radius 2 is 2.45 bits per heavy atom. The van der Waals surface area contributed by atoms with Crippen LogP contribution in [0, 0.1) is 0 Å². The van der Waals surface area contributed by atoms with E-state index in [1.807, 2.05) is 0 Å². The first-order valence-corrected chi connectivity index (χ1v) is 3.36. The Balaban J connectivity index is 2.44. The van der Waals surface area contributed by atoms with E-state index in [9.17, 15) is 8.78 Å². The monoisotopic (exact) mass is 181 g/mol. The van der Waals surface area contributed by atoms with E-state index in [2.05, 4.69) is 23.7 Å². The fourth-order valence-corrected chi connectivity index (χ4v) is 0.716. The molecule has 11 heavy (non-hydrogen) atoms. The third kappa shape index (κ3) is 2.52. The van der Waals surface area contributed by atoms with Gasteiger partial charge in [0.1, 0.15) is 12.0 Å². The highest BCUT2D eigenvalue weighted by Crippen LogP contribution is 2.03. The summed E-state index contributed by atoms with van der Waals surface area (Å²) in [7, 11) is 2.30. The molecular weight excluding hydrogens is 175 g/mol. The van der Waals surface area contributed by atoms with E-state index in [1.165, 1.54) is 6.26 Å². The van der Waals surface area contributed by atoms with Gasteiger partial charge in [-0.05, 0) is 0 Å². The van der Waals surface area contributed by atoms with E-state index in [1.54, 1.807) is 0 Å². The van der Waals surface area contributed by atoms with Crippen LogP contribution in [0.3, 0.4) is 0 Å². The molecule has 0 saturated carbocycles. The highest BCUT2D eigenvalue weighted by Gasteiger charge is 2.07. The number of aromatic nitrogens is 1. The van der Waals surface area contributed by atoms with Crippen LogP contribution in [0.2, 0.25) is 0 Å². The van der Waals surface area contributed by atoms with Crippen molar-refractivity contribution in [3.8, 4) is 0 Å². The standard InChI is InChI=1S/C5H6F2NO2P/c6-5(7)9-1-3-4(11)2-10-8-3/h2,5H,1,11H2. The van der Waals surface area contributed by atoms with Gasteiger partial charge >= 0.3 is 6.61 Å². The largest absolute Gasteiger partial charge is 0.364 e. The molecule has 0 N–H and O–H groups in total. The summed E-state index contributed by atoms with van der Waals surface area (Å²) >= 11 is 0. The molecule has 3 nitrogen and oxygen atoms in total. The fraction of sp³-hybridized carbons (Fsp3) is 0.400. The minimum absolute atomic E-state index is 0.229. The van der Waals surface area contributed by atoms with Crippen LogP contribution in [-0.4, -0.2) is 11.8 Å². The lowest BCUT2D eigenvalue weighted by molar-refractivity contribution is -0.138. The first-order chi connectivity index (χ1) is 5.20.